The molecule has 4 heteroatoms. The first-order valence-electron chi connectivity index (χ1n) is 4.71. The lowest BCUT2D eigenvalue weighted by Crippen LogP contribution is -2.27. The van der Waals surface area contributed by atoms with Crippen molar-refractivity contribution in [3.8, 4) is 0 Å². The smallest absolute Gasteiger partial charge is 0.285 e. The Hall–Kier alpha value is 0.0369. The second kappa shape index (κ2) is 5.64. The van der Waals surface area contributed by atoms with Crippen molar-refractivity contribution in [1.82, 2.24) is 4.98 Å². The molecule has 0 aromatic heterocycles. The van der Waals surface area contributed by atoms with Gasteiger partial charge in [0.15, 0.2) is 0 Å². The highest BCUT2D eigenvalue weighted by Gasteiger charge is 2.14. The molecule has 0 unspecified atom stereocenters. The molecule has 0 aliphatic heterocycles. The van der Waals surface area contributed by atoms with Crippen molar-refractivity contribution in [3.05, 3.63) is 0 Å². The van der Waals surface area contributed by atoms with Crippen LogP contribution in [0.15, 0.2) is 0 Å². The summed E-state index contributed by atoms with van der Waals surface area (Å²) in [7, 11) is -3.18. The van der Waals surface area contributed by atoms with Gasteiger partial charge in [-0.25, -0.2) is 8.22 Å². The lowest BCUT2D eigenvalue weighted by molar-refractivity contribution is 0.338. The van der Waals surface area contributed by atoms with Crippen LogP contribution in [-0.4, -0.2) is 16.2 Å². The van der Waals surface area contributed by atoms with Crippen LogP contribution in [0.1, 0.15) is 38.5 Å². The third-order valence-electron chi connectivity index (χ3n) is 2.54. The first kappa shape index (κ1) is 10.1. The molecule has 0 amide bonds. The van der Waals surface area contributed by atoms with Crippen LogP contribution in [0, 0.1) is 5.92 Å². The molecule has 0 aromatic carbocycles. The van der Waals surface area contributed by atoms with Gasteiger partial charge in [-0.2, -0.15) is 0 Å². The lowest BCUT2D eigenvalue weighted by Gasteiger charge is -2.21. The first-order chi connectivity index (χ1) is 5.79. The molecule has 0 atom stereocenters. The number of hydrogen-bond acceptors (Lipinski definition) is 1. The van der Waals surface area contributed by atoms with Crippen LogP contribution in [0.5, 0.6) is 0 Å². The summed E-state index contributed by atoms with van der Waals surface area (Å²) in [6.07, 6.45) is 7.39. The van der Waals surface area contributed by atoms with Crippen LogP contribution in [0.25, 0.3) is 0 Å². The molecule has 0 heterocycles. The molecule has 1 nitrogen and oxygen atoms in total. The van der Waals surface area contributed by atoms with Gasteiger partial charge in [-0.15, -0.1) is 0 Å². The number of rotatable bonds is 4. The van der Waals surface area contributed by atoms with Crippen LogP contribution >= 0.6 is 0 Å². The molecule has 1 aliphatic rings. The van der Waals surface area contributed by atoms with Gasteiger partial charge in [0, 0.05) is 0 Å². The average Bonchev–Trinajstić information content (AvgIpc) is 2.05. The van der Waals surface area contributed by atoms with Crippen LogP contribution in [-0.2, 0) is 0 Å². The predicted molar refractivity (Wildman–Crippen MR) is 47.2 cm³/mol. The van der Waals surface area contributed by atoms with Crippen molar-refractivity contribution in [1.29, 1.82) is 0 Å². The van der Waals surface area contributed by atoms with E-state index in [-0.39, 0.29) is 0 Å². The third-order valence-corrected chi connectivity index (χ3v) is 3.05. The fraction of sp³-hybridized carbons (Fsp3) is 1.00. The molecule has 1 rings (SSSR count). The van der Waals surface area contributed by atoms with E-state index in [4.69, 9.17) is 0 Å². The molecular formula is C8H16F2NSi. The Morgan fingerprint density at radius 3 is 2.42 bits per heavy atom. The van der Waals surface area contributed by atoms with Gasteiger partial charge < -0.3 is 0 Å². The van der Waals surface area contributed by atoms with Crippen molar-refractivity contribution >= 4 is 9.63 Å². The van der Waals surface area contributed by atoms with E-state index in [1.165, 1.54) is 32.1 Å². The quantitative estimate of drug-likeness (QED) is 0.533. The van der Waals surface area contributed by atoms with E-state index in [1.807, 2.05) is 0 Å². The number of nitrogens with one attached hydrogen (secondary N) is 1. The highest BCUT2D eigenvalue weighted by atomic mass is 28.4. The summed E-state index contributed by atoms with van der Waals surface area (Å²) in [6, 6.07) is 0. The Bertz CT molecular complexity index is 116. The fourth-order valence-electron chi connectivity index (χ4n) is 1.85. The zero-order valence-electron chi connectivity index (χ0n) is 7.28. The average molecular weight is 192 g/mol. The largest absolute Gasteiger partial charge is 0.570 e. The van der Waals surface area contributed by atoms with Crippen molar-refractivity contribution in [2.24, 2.45) is 5.92 Å². The highest BCUT2D eigenvalue weighted by molar-refractivity contribution is 6.39. The Morgan fingerprint density at radius 1 is 1.17 bits per heavy atom. The minimum Gasteiger partial charge on any atom is -0.285 e. The van der Waals surface area contributed by atoms with Gasteiger partial charge in [0.05, 0.1) is 0 Å². The van der Waals surface area contributed by atoms with E-state index in [2.05, 4.69) is 4.98 Å². The summed E-state index contributed by atoms with van der Waals surface area (Å²) in [6.45, 7) is 0.520. The molecule has 1 aliphatic carbocycles. The Morgan fingerprint density at radius 2 is 1.83 bits per heavy atom. The van der Waals surface area contributed by atoms with Gasteiger partial charge in [0.2, 0.25) is 0 Å². The van der Waals surface area contributed by atoms with E-state index < -0.39 is 9.63 Å². The fourth-order valence-corrected chi connectivity index (χ4v) is 2.18. The maximum Gasteiger partial charge on any atom is 0.570 e. The topological polar surface area (TPSA) is 12.0 Å². The lowest BCUT2D eigenvalue weighted by atomic mass is 9.87. The maximum atomic E-state index is 11.8. The van der Waals surface area contributed by atoms with Gasteiger partial charge in [0.1, 0.15) is 0 Å². The zero-order valence-corrected chi connectivity index (χ0v) is 8.28. The van der Waals surface area contributed by atoms with Crippen LogP contribution in [0.3, 0.4) is 0 Å². The monoisotopic (exact) mass is 192 g/mol. The second-order valence-corrected chi connectivity index (χ2v) is 4.35. The van der Waals surface area contributed by atoms with E-state index in [0.717, 1.165) is 6.42 Å². The van der Waals surface area contributed by atoms with Crippen LogP contribution < -0.4 is 4.98 Å². The molecule has 1 fully saturated rings. The molecule has 0 spiro atoms. The highest BCUT2D eigenvalue weighted by Crippen LogP contribution is 2.25. The van der Waals surface area contributed by atoms with Crippen molar-refractivity contribution in [3.63, 3.8) is 0 Å². The minimum atomic E-state index is -3.18. The summed E-state index contributed by atoms with van der Waals surface area (Å²) in [4.78, 5) is 2.26. The molecule has 1 N–H and O–H groups in total. The third kappa shape index (κ3) is 4.16. The minimum absolute atomic E-state index is 0.520. The van der Waals surface area contributed by atoms with Gasteiger partial charge in [-0.3, -0.25) is 4.98 Å². The number of halogens is 2. The predicted octanol–water partition coefficient (Wildman–Crippen LogP) is 2.47. The molecule has 71 valence electrons. The van der Waals surface area contributed by atoms with E-state index in [1.54, 1.807) is 0 Å². The van der Waals surface area contributed by atoms with E-state index in [9.17, 15) is 8.22 Å². The second-order valence-electron chi connectivity index (χ2n) is 3.48. The summed E-state index contributed by atoms with van der Waals surface area (Å²) in [5, 5.41) is 0. The van der Waals surface area contributed by atoms with Crippen LogP contribution in [0.2, 0.25) is 0 Å². The Kier molecular flexibility index (Phi) is 4.76. The van der Waals surface area contributed by atoms with Gasteiger partial charge >= 0.3 is 9.63 Å². The molecule has 12 heavy (non-hydrogen) atoms. The summed E-state index contributed by atoms with van der Waals surface area (Å²) < 4.78 is 23.6. The van der Waals surface area contributed by atoms with Gasteiger partial charge in [-0.1, -0.05) is 32.1 Å². The standard InChI is InChI=1S/C8H16F2NSi/c9-12(10)11-7-6-8-4-2-1-3-5-8/h8,11H,1-7H2. The maximum absolute atomic E-state index is 11.8. The first-order valence-corrected chi connectivity index (χ1v) is 5.96. The van der Waals surface area contributed by atoms with Gasteiger partial charge in [0.25, 0.3) is 0 Å². The van der Waals surface area contributed by atoms with Crippen molar-refractivity contribution in [2.45, 2.75) is 38.5 Å². The van der Waals surface area contributed by atoms with Crippen molar-refractivity contribution in [2.75, 3.05) is 6.54 Å². The molecule has 0 aromatic rings. The number of hydrogen-bond donors (Lipinski definition) is 1. The molecule has 1 radical (unpaired) electrons. The van der Waals surface area contributed by atoms with Crippen LogP contribution in [0.4, 0.5) is 8.22 Å². The Labute approximate surface area is 74.6 Å². The van der Waals surface area contributed by atoms with E-state index in [0.29, 0.717) is 12.5 Å². The summed E-state index contributed by atoms with van der Waals surface area (Å²) >= 11 is 0. The normalized spacial score (nSPS) is 20.2. The SMILES string of the molecule is F[Si](F)NCCC1CCCCC1. The molecule has 0 saturated heterocycles. The summed E-state index contributed by atoms with van der Waals surface area (Å²) in [5.41, 5.74) is 0. The zero-order chi connectivity index (χ0) is 8.81. The Balaban J connectivity index is 1.98. The van der Waals surface area contributed by atoms with E-state index >= 15 is 0 Å². The molecular weight excluding hydrogens is 176 g/mol. The molecule has 0 bridgehead atoms. The van der Waals surface area contributed by atoms with Gasteiger partial charge in [-0.05, 0) is 18.9 Å². The van der Waals surface area contributed by atoms with Crippen molar-refractivity contribution < 1.29 is 8.22 Å². The molecule has 1 saturated carbocycles. The summed E-state index contributed by atoms with van der Waals surface area (Å²) in [5.74, 6) is 0.715.